The standard InChI is InChI=1S/C11H19NOS2Si/c1-6-12(14-2)11(13)10-9(7-8-15-10)16(3,4)5/h7-8H,6H2,1-5H3. The van der Waals surface area contributed by atoms with Gasteiger partial charge in [0.15, 0.2) is 0 Å². The van der Waals surface area contributed by atoms with Crippen LogP contribution in [0.5, 0.6) is 0 Å². The van der Waals surface area contributed by atoms with Gasteiger partial charge in [-0.05, 0) is 17.5 Å². The van der Waals surface area contributed by atoms with Crippen molar-refractivity contribution >= 4 is 42.5 Å². The van der Waals surface area contributed by atoms with Crippen LogP contribution in [0.15, 0.2) is 11.4 Å². The molecule has 90 valence electrons. The van der Waals surface area contributed by atoms with Crippen molar-refractivity contribution in [2.45, 2.75) is 26.6 Å². The zero-order valence-electron chi connectivity index (χ0n) is 10.5. The lowest BCUT2D eigenvalue weighted by Gasteiger charge is -2.21. The monoisotopic (exact) mass is 273 g/mol. The van der Waals surface area contributed by atoms with Gasteiger partial charge in [-0.25, -0.2) is 0 Å². The van der Waals surface area contributed by atoms with E-state index in [1.165, 1.54) is 17.1 Å². The van der Waals surface area contributed by atoms with E-state index in [1.807, 2.05) is 22.9 Å². The molecule has 1 heterocycles. The van der Waals surface area contributed by atoms with E-state index >= 15 is 0 Å². The maximum atomic E-state index is 12.3. The second-order valence-corrected chi connectivity index (χ2v) is 11.4. The maximum Gasteiger partial charge on any atom is 0.273 e. The molecule has 16 heavy (non-hydrogen) atoms. The summed E-state index contributed by atoms with van der Waals surface area (Å²) in [7, 11) is -1.41. The second-order valence-electron chi connectivity index (χ2n) is 4.60. The lowest BCUT2D eigenvalue weighted by atomic mass is 10.4. The van der Waals surface area contributed by atoms with Crippen molar-refractivity contribution < 1.29 is 4.79 Å². The molecule has 1 rings (SSSR count). The number of hydrogen-bond donors (Lipinski definition) is 0. The second kappa shape index (κ2) is 5.38. The summed E-state index contributed by atoms with van der Waals surface area (Å²) in [6.45, 7) is 9.60. The Hall–Kier alpha value is -0.263. The van der Waals surface area contributed by atoms with Gasteiger partial charge in [0.05, 0.1) is 13.0 Å². The highest BCUT2D eigenvalue weighted by molar-refractivity contribution is 7.96. The van der Waals surface area contributed by atoms with Crippen molar-refractivity contribution in [3.8, 4) is 0 Å². The summed E-state index contributed by atoms with van der Waals surface area (Å²) in [5, 5.41) is 3.32. The highest BCUT2D eigenvalue weighted by Gasteiger charge is 2.26. The SMILES string of the molecule is CCN(SC)C(=O)c1sccc1[Si](C)(C)C. The minimum Gasteiger partial charge on any atom is -0.282 e. The first-order chi connectivity index (χ1) is 7.41. The zero-order chi connectivity index (χ0) is 12.3. The minimum absolute atomic E-state index is 0.169. The van der Waals surface area contributed by atoms with Gasteiger partial charge in [0.2, 0.25) is 0 Å². The minimum atomic E-state index is -1.41. The van der Waals surface area contributed by atoms with Crippen LogP contribution in [0.25, 0.3) is 0 Å². The molecule has 0 saturated carbocycles. The zero-order valence-corrected chi connectivity index (χ0v) is 13.2. The van der Waals surface area contributed by atoms with Gasteiger partial charge in [0.1, 0.15) is 0 Å². The summed E-state index contributed by atoms with van der Waals surface area (Å²) in [6.07, 6.45) is 1.95. The van der Waals surface area contributed by atoms with Crippen LogP contribution in [-0.2, 0) is 0 Å². The van der Waals surface area contributed by atoms with E-state index in [-0.39, 0.29) is 5.91 Å². The summed E-state index contributed by atoms with van der Waals surface area (Å²) < 4.78 is 1.81. The molecule has 0 saturated heterocycles. The van der Waals surface area contributed by atoms with E-state index in [1.54, 1.807) is 11.3 Å². The fourth-order valence-corrected chi connectivity index (χ4v) is 5.44. The smallest absolute Gasteiger partial charge is 0.273 e. The third-order valence-electron chi connectivity index (χ3n) is 2.40. The Balaban J connectivity index is 3.05. The first-order valence-corrected chi connectivity index (χ1v) is 10.9. The molecule has 0 radical (unpaired) electrons. The molecule has 0 spiro atoms. The fourth-order valence-electron chi connectivity index (χ4n) is 1.53. The first-order valence-electron chi connectivity index (χ1n) is 5.35. The number of thiophene rings is 1. The Morgan fingerprint density at radius 1 is 1.50 bits per heavy atom. The topological polar surface area (TPSA) is 20.3 Å². The molecule has 1 aromatic rings. The van der Waals surface area contributed by atoms with Crippen LogP contribution in [0.4, 0.5) is 0 Å². The van der Waals surface area contributed by atoms with Gasteiger partial charge in [0, 0.05) is 12.8 Å². The average molecular weight is 273 g/mol. The van der Waals surface area contributed by atoms with Gasteiger partial charge >= 0.3 is 0 Å². The number of nitrogens with zero attached hydrogens (tertiary/aromatic N) is 1. The van der Waals surface area contributed by atoms with Crippen LogP contribution in [0.3, 0.4) is 0 Å². The van der Waals surface area contributed by atoms with Crippen LogP contribution < -0.4 is 5.19 Å². The molecule has 0 N–H and O–H groups in total. The Morgan fingerprint density at radius 2 is 2.12 bits per heavy atom. The van der Waals surface area contributed by atoms with E-state index in [2.05, 4.69) is 25.7 Å². The molecule has 0 aliphatic heterocycles. The van der Waals surface area contributed by atoms with Crippen molar-refractivity contribution in [1.82, 2.24) is 4.31 Å². The molecule has 0 fully saturated rings. The number of carbonyl (C=O) groups excluding carboxylic acids is 1. The van der Waals surface area contributed by atoms with E-state index in [0.717, 1.165) is 11.4 Å². The summed E-state index contributed by atoms with van der Waals surface area (Å²) >= 11 is 3.08. The van der Waals surface area contributed by atoms with Crippen molar-refractivity contribution in [1.29, 1.82) is 0 Å². The van der Waals surface area contributed by atoms with Gasteiger partial charge in [-0.1, -0.05) is 37.7 Å². The molecule has 2 nitrogen and oxygen atoms in total. The van der Waals surface area contributed by atoms with Crippen LogP contribution in [-0.4, -0.2) is 31.1 Å². The Bertz CT molecular complexity index is 366. The average Bonchev–Trinajstić information content (AvgIpc) is 2.67. The third-order valence-corrected chi connectivity index (χ3v) is 6.38. The molecule has 0 atom stereocenters. The number of amides is 1. The molecule has 0 aliphatic carbocycles. The predicted octanol–water partition coefficient (Wildman–Crippen LogP) is 3.03. The Kier molecular flexibility index (Phi) is 4.64. The van der Waals surface area contributed by atoms with E-state index in [0.29, 0.717) is 0 Å². The van der Waals surface area contributed by atoms with Crippen LogP contribution in [0, 0.1) is 0 Å². The van der Waals surface area contributed by atoms with Gasteiger partial charge in [-0.2, -0.15) is 0 Å². The highest BCUT2D eigenvalue weighted by atomic mass is 32.2. The predicted molar refractivity (Wildman–Crippen MR) is 77.5 cm³/mol. The molecule has 1 aromatic heterocycles. The lowest BCUT2D eigenvalue weighted by Crippen LogP contribution is -2.41. The van der Waals surface area contributed by atoms with E-state index < -0.39 is 8.07 Å². The largest absolute Gasteiger partial charge is 0.282 e. The molecule has 1 amide bonds. The number of hydrogen-bond acceptors (Lipinski definition) is 3. The summed E-state index contributed by atoms with van der Waals surface area (Å²) in [6, 6.07) is 2.12. The van der Waals surface area contributed by atoms with Crippen LogP contribution >= 0.6 is 23.3 Å². The van der Waals surface area contributed by atoms with Gasteiger partial charge in [0.25, 0.3) is 5.91 Å². The van der Waals surface area contributed by atoms with Crippen molar-refractivity contribution in [2.75, 3.05) is 12.8 Å². The van der Waals surface area contributed by atoms with Crippen LogP contribution in [0.2, 0.25) is 19.6 Å². The third kappa shape index (κ3) is 2.90. The fraction of sp³-hybridized carbons (Fsp3) is 0.545. The normalized spacial score (nSPS) is 11.6. The molecule has 0 aromatic carbocycles. The molecular weight excluding hydrogens is 254 g/mol. The number of rotatable bonds is 4. The number of carbonyl (C=O) groups is 1. The Labute approximate surface area is 107 Å². The lowest BCUT2D eigenvalue weighted by molar-refractivity contribution is 0.0882. The highest BCUT2D eigenvalue weighted by Crippen LogP contribution is 2.18. The first kappa shape index (κ1) is 13.8. The van der Waals surface area contributed by atoms with E-state index in [9.17, 15) is 4.79 Å². The van der Waals surface area contributed by atoms with Gasteiger partial charge in [-0.15, -0.1) is 11.3 Å². The quantitative estimate of drug-likeness (QED) is 0.621. The maximum absolute atomic E-state index is 12.3. The summed E-state index contributed by atoms with van der Waals surface area (Å²) in [5.74, 6) is 0.169. The van der Waals surface area contributed by atoms with Crippen molar-refractivity contribution in [3.05, 3.63) is 16.3 Å². The van der Waals surface area contributed by atoms with Gasteiger partial charge in [-0.3, -0.25) is 9.10 Å². The Morgan fingerprint density at radius 3 is 2.56 bits per heavy atom. The molecule has 0 bridgehead atoms. The molecule has 0 unspecified atom stereocenters. The van der Waals surface area contributed by atoms with Crippen molar-refractivity contribution in [2.24, 2.45) is 0 Å². The van der Waals surface area contributed by atoms with Crippen LogP contribution in [0.1, 0.15) is 16.6 Å². The van der Waals surface area contributed by atoms with E-state index in [4.69, 9.17) is 0 Å². The van der Waals surface area contributed by atoms with Gasteiger partial charge < -0.3 is 0 Å². The summed E-state index contributed by atoms with van der Waals surface area (Å²) in [4.78, 5) is 13.2. The molecular formula is C11H19NOS2Si. The summed E-state index contributed by atoms with van der Waals surface area (Å²) in [5.41, 5.74) is 0. The molecule has 0 aliphatic rings. The van der Waals surface area contributed by atoms with Crippen molar-refractivity contribution in [3.63, 3.8) is 0 Å². The molecule has 5 heteroatoms.